The van der Waals surface area contributed by atoms with Crippen LogP contribution in [0.25, 0.3) is 10.2 Å². The minimum atomic E-state index is -0.0987. The Morgan fingerprint density at radius 2 is 1.85 bits per heavy atom. The number of carbonyl (C=O) groups is 1. The van der Waals surface area contributed by atoms with Gasteiger partial charge in [0.15, 0.2) is 10.8 Å². The maximum Gasteiger partial charge on any atom is 0.280 e. The molecule has 0 saturated heterocycles. The SMILES string of the molecule is Cc1cc(C)c2sc(N(CCN(C)C)C(=O)c3nn(C)cc3C)nc2c1.Cl. The summed E-state index contributed by atoms with van der Waals surface area (Å²) in [7, 11) is 5.83. The fraction of sp³-hybridized carbons (Fsp3) is 0.421. The lowest BCUT2D eigenvalue weighted by molar-refractivity contribution is 0.0979. The summed E-state index contributed by atoms with van der Waals surface area (Å²) >= 11 is 1.57. The fourth-order valence-electron chi connectivity index (χ4n) is 3.01. The molecule has 0 aliphatic heterocycles. The highest BCUT2D eigenvalue weighted by molar-refractivity contribution is 7.22. The van der Waals surface area contributed by atoms with Gasteiger partial charge in [0.1, 0.15) is 0 Å². The summed E-state index contributed by atoms with van der Waals surface area (Å²) < 4.78 is 2.81. The average Bonchev–Trinajstić information content (AvgIpc) is 3.10. The van der Waals surface area contributed by atoms with Gasteiger partial charge in [0.2, 0.25) is 0 Å². The first kappa shape index (κ1) is 21.3. The lowest BCUT2D eigenvalue weighted by Gasteiger charge is -2.21. The lowest BCUT2D eigenvalue weighted by Crippen LogP contribution is -2.37. The second-order valence-corrected chi connectivity index (χ2v) is 8.00. The number of nitrogens with zero attached hydrogens (tertiary/aromatic N) is 5. The van der Waals surface area contributed by atoms with Gasteiger partial charge in [-0.15, -0.1) is 12.4 Å². The van der Waals surface area contributed by atoms with Crippen LogP contribution in [-0.4, -0.2) is 52.8 Å². The second kappa shape index (κ2) is 8.37. The van der Waals surface area contributed by atoms with E-state index in [1.807, 2.05) is 34.3 Å². The van der Waals surface area contributed by atoms with Gasteiger partial charge in [0.25, 0.3) is 5.91 Å². The molecule has 0 spiro atoms. The molecule has 1 aromatic carbocycles. The van der Waals surface area contributed by atoms with Crippen molar-refractivity contribution in [3.8, 4) is 0 Å². The Labute approximate surface area is 170 Å². The summed E-state index contributed by atoms with van der Waals surface area (Å²) in [5, 5.41) is 5.09. The topological polar surface area (TPSA) is 54.3 Å². The van der Waals surface area contributed by atoms with E-state index in [-0.39, 0.29) is 18.3 Å². The number of halogens is 1. The Hall–Kier alpha value is -1.96. The van der Waals surface area contributed by atoms with Crippen LogP contribution in [-0.2, 0) is 7.05 Å². The van der Waals surface area contributed by atoms with Gasteiger partial charge in [-0.1, -0.05) is 17.4 Å². The molecule has 27 heavy (non-hydrogen) atoms. The van der Waals surface area contributed by atoms with Crippen molar-refractivity contribution < 1.29 is 4.79 Å². The molecule has 0 atom stereocenters. The van der Waals surface area contributed by atoms with Crippen LogP contribution >= 0.6 is 23.7 Å². The number of carbonyl (C=O) groups excluding carboxylic acids is 1. The zero-order chi connectivity index (χ0) is 19.0. The number of thiazole rings is 1. The second-order valence-electron chi connectivity index (χ2n) is 7.02. The first-order valence-electron chi connectivity index (χ1n) is 8.61. The van der Waals surface area contributed by atoms with Crippen molar-refractivity contribution in [3.05, 3.63) is 40.7 Å². The van der Waals surface area contributed by atoms with Gasteiger partial charge in [-0.25, -0.2) is 4.98 Å². The number of hydrogen-bond acceptors (Lipinski definition) is 5. The van der Waals surface area contributed by atoms with E-state index in [2.05, 4.69) is 36.0 Å². The molecular weight excluding hydrogens is 382 g/mol. The van der Waals surface area contributed by atoms with Crippen molar-refractivity contribution in [3.63, 3.8) is 0 Å². The van der Waals surface area contributed by atoms with Gasteiger partial charge in [0.05, 0.1) is 10.2 Å². The number of aryl methyl sites for hydroxylation is 4. The number of amides is 1. The molecule has 8 heteroatoms. The van der Waals surface area contributed by atoms with E-state index in [1.54, 1.807) is 20.9 Å². The standard InChI is InChI=1S/C19H25N5OS.ClH/c1-12-9-13(2)17-15(10-12)20-19(26-17)24(8-7-22(4)5)18(25)16-14(3)11-23(6)21-16;/h9-11H,7-8H2,1-6H3;1H. The third-order valence-electron chi connectivity index (χ3n) is 4.27. The van der Waals surface area contributed by atoms with Crippen LogP contribution in [0.2, 0.25) is 0 Å². The Balaban J connectivity index is 0.00000261. The summed E-state index contributed by atoms with van der Waals surface area (Å²) in [6.45, 7) is 7.39. The molecule has 0 saturated carbocycles. The normalized spacial score (nSPS) is 11.1. The number of aromatic nitrogens is 3. The summed E-state index contributed by atoms with van der Waals surface area (Å²) in [6.07, 6.45) is 1.86. The van der Waals surface area contributed by atoms with Crippen molar-refractivity contribution in [1.29, 1.82) is 0 Å². The molecule has 0 aliphatic rings. The maximum atomic E-state index is 13.2. The molecule has 6 nitrogen and oxygen atoms in total. The number of hydrogen-bond donors (Lipinski definition) is 0. The summed E-state index contributed by atoms with van der Waals surface area (Å²) in [4.78, 5) is 21.8. The van der Waals surface area contributed by atoms with E-state index >= 15 is 0 Å². The average molecular weight is 408 g/mol. The van der Waals surface area contributed by atoms with Gasteiger partial charge >= 0.3 is 0 Å². The van der Waals surface area contributed by atoms with Crippen LogP contribution in [0.3, 0.4) is 0 Å². The third-order valence-corrected chi connectivity index (χ3v) is 5.50. The molecule has 146 valence electrons. The third kappa shape index (κ3) is 4.48. The van der Waals surface area contributed by atoms with E-state index in [0.717, 1.165) is 27.5 Å². The van der Waals surface area contributed by atoms with Gasteiger partial charge in [-0.3, -0.25) is 14.4 Å². The van der Waals surface area contributed by atoms with E-state index in [4.69, 9.17) is 4.98 Å². The Bertz CT molecular complexity index is 963. The molecule has 3 rings (SSSR count). The van der Waals surface area contributed by atoms with Gasteiger partial charge in [0, 0.05) is 31.9 Å². The largest absolute Gasteiger partial charge is 0.308 e. The quantitative estimate of drug-likeness (QED) is 0.648. The van der Waals surface area contributed by atoms with Crippen LogP contribution in [0.5, 0.6) is 0 Å². The van der Waals surface area contributed by atoms with E-state index in [9.17, 15) is 4.79 Å². The number of benzene rings is 1. The molecular formula is C19H26ClN5OS. The van der Waals surface area contributed by atoms with Gasteiger partial charge < -0.3 is 4.90 Å². The van der Waals surface area contributed by atoms with Crippen LogP contribution in [0.4, 0.5) is 5.13 Å². The van der Waals surface area contributed by atoms with Crippen LogP contribution in [0.1, 0.15) is 27.2 Å². The summed E-state index contributed by atoms with van der Waals surface area (Å²) in [5.41, 5.74) is 4.68. The van der Waals surface area contributed by atoms with E-state index < -0.39 is 0 Å². The summed E-state index contributed by atoms with van der Waals surface area (Å²) in [6, 6.07) is 4.22. The Kier molecular flexibility index (Phi) is 6.62. The lowest BCUT2D eigenvalue weighted by atomic mass is 10.1. The maximum absolute atomic E-state index is 13.2. The van der Waals surface area contributed by atoms with E-state index in [1.165, 1.54) is 11.1 Å². The summed E-state index contributed by atoms with van der Waals surface area (Å²) in [5.74, 6) is -0.0987. The van der Waals surface area contributed by atoms with Crippen molar-refractivity contribution in [2.45, 2.75) is 20.8 Å². The predicted octanol–water partition coefficient (Wildman–Crippen LogP) is 3.59. The molecule has 0 bridgehead atoms. The highest BCUT2D eigenvalue weighted by atomic mass is 35.5. The fourth-order valence-corrected chi connectivity index (χ4v) is 4.05. The zero-order valence-corrected chi connectivity index (χ0v) is 18.2. The molecule has 0 aliphatic carbocycles. The molecule has 3 aromatic rings. The highest BCUT2D eigenvalue weighted by Crippen LogP contribution is 2.32. The molecule has 0 N–H and O–H groups in total. The number of fused-ring (bicyclic) bond motifs is 1. The van der Waals surface area contributed by atoms with Crippen LogP contribution in [0.15, 0.2) is 18.3 Å². The monoisotopic (exact) mass is 407 g/mol. The van der Waals surface area contributed by atoms with Crippen LogP contribution < -0.4 is 4.90 Å². The van der Waals surface area contributed by atoms with Crippen molar-refractivity contribution in [1.82, 2.24) is 19.7 Å². The molecule has 2 aromatic heterocycles. The first-order valence-corrected chi connectivity index (χ1v) is 9.42. The molecule has 1 amide bonds. The van der Waals surface area contributed by atoms with E-state index in [0.29, 0.717) is 12.2 Å². The molecule has 2 heterocycles. The minimum absolute atomic E-state index is 0. The molecule has 0 radical (unpaired) electrons. The van der Waals surface area contributed by atoms with Crippen molar-refractivity contribution in [2.24, 2.45) is 7.05 Å². The van der Waals surface area contributed by atoms with Crippen molar-refractivity contribution >= 4 is 45.0 Å². The van der Waals surface area contributed by atoms with Gasteiger partial charge in [-0.05, 0) is 52.1 Å². The first-order chi connectivity index (χ1) is 12.3. The van der Waals surface area contributed by atoms with Gasteiger partial charge in [-0.2, -0.15) is 5.10 Å². The minimum Gasteiger partial charge on any atom is -0.308 e. The van der Waals surface area contributed by atoms with Crippen LogP contribution in [0, 0.1) is 20.8 Å². The van der Waals surface area contributed by atoms with Crippen molar-refractivity contribution in [2.75, 3.05) is 32.1 Å². The Morgan fingerprint density at radius 1 is 1.15 bits per heavy atom. The Morgan fingerprint density at radius 3 is 2.44 bits per heavy atom. The predicted molar refractivity (Wildman–Crippen MR) is 115 cm³/mol. The molecule has 0 unspecified atom stereocenters. The smallest absolute Gasteiger partial charge is 0.280 e. The molecule has 0 fully saturated rings. The number of anilines is 1. The zero-order valence-electron chi connectivity index (χ0n) is 16.6. The highest BCUT2D eigenvalue weighted by Gasteiger charge is 2.25. The number of rotatable bonds is 5. The number of likely N-dealkylation sites (N-methyl/N-ethyl adjacent to an activating group) is 1.